The van der Waals surface area contributed by atoms with E-state index in [1.807, 2.05) is 59.1 Å². The van der Waals surface area contributed by atoms with Crippen LogP contribution in [0.4, 0.5) is 17.1 Å². The normalized spacial score (nSPS) is 14.7. The highest BCUT2D eigenvalue weighted by molar-refractivity contribution is 7.21. The van der Waals surface area contributed by atoms with Gasteiger partial charge in [0.05, 0.1) is 16.8 Å². The zero-order chi connectivity index (χ0) is 37.9. The molecule has 3 aromatic heterocycles. The van der Waals surface area contributed by atoms with Crippen molar-refractivity contribution in [2.24, 2.45) is 0 Å². The summed E-state index contributed by atoms with van der Waals surface area (Å²) in [7, 11) is 0. The summed E-state index contributed by atoms with van der Waals surface area (Å²) in [6, 6.07) is 57.0. The number of rotatable bonds is 4. The van der Waals surface area contributed by atoms with Crippen LogP contribution in [0.3, 0.4) is 0 Å². The molecule has 3 aliphatic rings. The van der Waals surface area contributed by atoms with Crippen molar-refractivity contribution < 1.29 is 0 Å². The van der Waals surface area contributed by atoms with Crippen LogP contribution in [0, 0.1) is 0 Å². The Balaban J connectivity index is 1.12. The number of benzene rings is 6. The maximum absolute atomic E-state index is 5.12. The van der Waals surface area contributed by atoms with Crippen LogP contribution in [0.2, 0.25) is 0 Å². The van der Waals surface area contributed by atoms with Gasteiger partial charge in [0.2, 0.25) is 0 Å². The highest BCUT2D eigenvalue weighted by atomic mass is 32.1. The number of thiophene rings is 2. The second-order valence-electron chi connectivity index (χ2n) is 15.6. The molecule has 0 amide bonds. The van der Waals surface area contributed by atoms with Crippen LogP contribution in [-0.2, 0) is 10.8 Å². The van der Waals surface area contributed by atoms with E-state index in [1.165, 1.54) is 65.6 Å². The summed E-state index contributed by atoms with van der Waals surface area (Å²) >= 11 is 3.73. The van der Waals surface area contributed by atoms with Crippen molar-refractivity contribution in [2.75, 3.05) is 4.90 Å². The molecule has 4 nitrogen and oxygen atoms in total. The lowest BCUT2D eigenvalue weighted by atomic mass is 9.64. The van der Waals surface area contributed by atoms with E-state index in [2.05, 4.69) is 151 Å². The fourth-order valence-electron chi connectivity index (χ4n) is 9.77. The zero-order valence-electron chi connectivity index (χ0n) is 31.3. The molecule has 1 aliphatic heterocycles. The minimum Gasteiger partial charge on any atom is -0.310 e. The Morgan fingerprint density at radius 2 is 0.982 bits per heavy atom. The lowest BCUT2D eigenvalue weighted by molar-refractivity contribution is 0.658. The standard InChI is InChI=1S/C51H34N4S2/c1-50(2)37-21-10-9-20-35(37)36-29-42-44(30-41(36)50)55(43-23-12-11-22-38(43)51(42)39-24-26-56-45(39)46-40(51)25-27-57-46)34-19-13-18-33(28-34)49-53-47(31-14-5-3-6-15-31)52-48(54-49)32-16-7-4-8-17-32/h3-30H,1-2H3. The quantitative estimate of drug-likeness (QED) is 0.179. The van der Waals surface area contributed by atoms with E-state index in [0.717, 1.165) is 22.4 Å². The summed E-state index contributed by atoms with van der Waals surface area (Å²) in [5.41, 5.74) is 16.4. The molecule has 6 heteroatoms. The van der Waals surface area contributed by atoms with Gasteiger partial charge in [0.15, 0.2) is 17.5 Å². The number of para-hydroxylation sites is 1. The Morgan fingerprint density at radius 1 is 0.421 bits per heavy atom. The molecule has 0 saturated heterocycles. The van der Waals surface area contributed by atoms with Crippen molar-refractivity contribution in [3.05, 3.63) is 202 Å². The SMILES string of the molecule is CC1(C)c2ccccc2-c2cc3c(cc21)N(c1cccc(-c2nc(-c4ccccc4)nc(-c4ccccc4)n2)c1)c1ccccc1C31c2ccsc2-c2sccc21. The first kappa shape index (κ1) is 32.7. The van der Waals surface area contributed by atoms with Gasteiger partial charge < -0.3 is 4.90 Å². The highest BCUT2D eigenvalue weighted by Gasteiger charge is 2.54. The molecule has 9 aromatic rings. The molecule has 0 fully saturated rings. The molecule has 0 N–H and O–H groups in total. The van der Waals surface area contributed by atoms with Crippen LogP contribution in [0.15, 0.2) is 168 Å². The minimum atomic E-state index is -0.454. The third-order valence-electron chi connectivity index (χ3n) is 12.3. The largest absolute Gasteiger partial charge is 0.310 e. The second-order valence-corrected chi connectivity index (χ2v) is 17.4. The molecule has 0 radical (unpaired) electrons. The summed E-state index contributed by atoms with van der Waals surface area (Å²) < 4.78 is 0. The predicted molar refractivity (Wildman–Crippen MR) is 235 cm³/mol. The van der Waals surface area contributed by atoms with Crippen molar-refractivity contribution in [2.45, 2.75) is 24.7 Å². The monoisotopic (exact) mass is 766 g/mol. The number of anilines is 3. The van der Waals surface area contributed by atoms with Gasteiger partial charge in [0.1, 0.15) is 0 Å². The van der Waals surface area contributed by atoms with Crippen molar-refractivity contribution in [3.8, 4) is 55.0 Å². The Labute approximate surface area is 339 Å². The zero-order valence-corrected chi connectivity index (χ0v) is 32.9. The molecule has 0 saturated carbocycles. The summed E-state index contributed by atoms with van der Waals surface area (Å²) in [6.45, 7) is 4.75. The maximum Gasteiger partial charge on any atom is 0.164 e. The maximum atomic E-state index is 5.12. The van der Waals surface area contributed by atoms with Gasteiger partial charge in [-0.05, 0) is 97.7 Å². The van der Waals surface area contributed by atoms with Crippen molar-refractivity contribution in [1.82, 2.24) is 15.0 Å². The number of hydrogen-bond acceptors (Lipinski definition) is 6. The first-order chi connectivity index (χ1) is 28.0. The highest BCUT2D eigenvalue weighted by Crippen LogP contribution is 2.67. The summed E-state index contributed by atoms with van der Waals surface area (Å²) in [5.74, 6) is 1.94. The van der Waals surface area contributed by atoms with Crippen LogP contribution < -0.4 is 4.90 Å². The molecule has 57 heavy (non-hydrogen) atoms. The smallest absolute Gasteiger partial charge is 0.164 e. The van der Waals surface area contributed by atoms with Crippen LogP contribution in [0.25, 0.3) is 55.0 Å². The molecule has 12 rings (SSSR count). The third kappa shape index (κ3) is 4.51. The van der Waals surface area contributed by atoms with E-state index in [1.54, 1.807) is 0 Å². The van der Waals surface area contributed by atoms with Gasteiger partial charge >= 0.3 is 0 Å². The lowest BCUT2D eigenvalue weighted by Crippen LogP contribution is -2.36. The Bertz CT molecular complexity index is 2970. The summed E-state index contributed by atoms with van der Waals surface area (Å²) in [6.07, 6.45) is 0. The van der Waals surface area contributed by atoms with Gasteiger partial charge in [-0.3, -0.25) is 0 Å². The van der Waals surface area contributed by atoms with E-state index in [4.69, 9.17) is 15.0 Å². The first-order valence-corrected chi connectivity index (χ1v) is 21.1. The van der Waals surface area contributed by atoms with E-state index >= 15 is 0 Å². The first-order valence-electron chi connectivity index (χ1n) is 19.3. The van der Waals surface area contributed by atoms with E-state index < -0.39 is 5.41 Å². The average Bonchev–Trinajstić information content (AvgIpc) is 4.04. The number of aromatic nitrogens is 3. The third-order valence-corrected chi connectivity index (χ3v) is 14.3. The van der Waals surface area contributed by atoms with Crippen molar-refractivity contribution in [1.29, 1.82) is 0 Å². The van der Waals surface area contributed by atoms with Crippen LogP contribution in [-0.4, -0.2) is 15.0 Å². The van der Waals surface area contributed by atoms with Crippen LogP contribution >= 0.6 is 22.7 Å². The van der Waals surface area contributed by atoms with Crippen molar-refractivity contribution >= 4 is 39.7 Å². The van der Waals surface area contributed by atoms with E-state index in [0.29, 0.717) is 17.5 Å². The average molecular weight is 767 g/mol. The van der Waals surface area contributed by atoms with Gasteiger partial charge in [0.25, 0.3) is 0 Å². The van der Waals surface area contributed by atoms with Crippen LogP contribution in [0.5, 0.6) is 0 Å². The van der Waals surface area contributed by atoms with Gasteiger partial charge in [-0.1, -0.05) is 129 Å². The number of fused-ring (bicyclic) bond motifs is 12. The second kappa shape index (κ2) is 12.0. The van der Waals surface area contributed by atoms with Gasteiger partial charge in [-0.25, -0.2) is 15.0 Å². The van der Waals surface area contributed by atoms with Crippen LogP contribution in [0.1, 0.15) is 47.2 Å². The van der Waals surface area contributed by atoms with Gasteiger partial charge in [-0.2, -0.15) is 0 Å². The Morgan fingerprint density at radius 3 is 1.65 bits per heavy atom. The molecular weight excluding hydrogens is 733 g/mol. The van der Waals surface area contributed by atoms with E-state index in [-0.39, 0.29) is 5.41 Å². The molecule has 0 bridgehead atoms. The number of nitrogens with zero attached hydrogens (tertiary/aromatic N) is 4. The molecule has 1 spiro atoms. The molecular formula is C51H34N4S2. The molecule has 270 valence electrons. The molecule has 0 atom stereocenters. The predicted octanol–water partition coefficient (Wildman–Crippen LogP) is 13.4. The lowest BCUT2D eigenvalue weighted by Gasteiger charge is -2.45. The molecule has 0 unspecified atom stereocenters. The Kier molecular flexibility index (Phi) is 6.90. The summed E-state index contributed by atoms with van der Waals surface area (Å²) in [4.78, 5) is 20.5. The topological polar surface area (TPSA) is 41.9 Å². The van der Waals surface area contributed by atoms with Gasteiger partial charge in [-0.15, -0.1) is 22.7 Å². The van der Waals surface area contributed by atoms with E-state index in [9.17, 15) is 0 Å². The molecule has 2 aliphatic carbocycles. The fourth-order valence-corrected chi connectivity index (χ4v) is 11.9. The van der Waals surface area contributed by atoms with Gasteiger partial charge in [0, 0.05) is 37.5 Å². The summed E-state index contributed by atoms with van der Waals surface area (Å²) in [5, 5.41) is 4.56. The molecule has 4 heterocycles. The van der Waals surface area contributed by atoms with Crippen molar-refractivity contribution in [3.63, 3.8) is 0 Å². The number of hydrogen-bond donors (Lipinski definition) is 0. The minimum absolute atomic E-state index is 0.165. The Hall–Kier alpha value is -6.47. The fraction of sp³-hybridized carbons (Fsp3) is 0.0784. The molecule has 6 aromatic carbocycles.